The van der Waals surface area contributed by atoms with Gasteiger partial charge >= 0.3 is 0 Å². The summed E-state index contributed by atoms with van der Waals surface area (Å²) < 4.78 is 11.5. The summed E-state index contributed by atoms with van der Waals surface area (Å²) in [5.41, 5.74) is 0.552. The number of aliphatic hydroxyl groups is 1. The second-order valence-corrected chi connectivity index (χ2v) is 5.71. The molecule has 0 aliphatic rings. The van der Waals surface area contributed by atoms with Crippen LogP contribution in [0.15, 0.2) is 46.9 Å². The predicted octanol–water partition coefficient (Wildman–Crippen LogP) is 4.11. The van der Waals surface area contributed by atoms with Gasteiger partial charge in [-0.25, -0.2) is 0 Å². The van der Waals surface area contributed by atoms with Crippen LogP contribution in [0.4, 0.5) is 0 Å². The normalized spacial score (nSPS) is 13.6. The molecule has 0 aliphatic carbocycles. The van der Waals surface area contributed by atoms with E-state index in [1.54, 1.807) is 14.2 Å². The third-order valence-electron chi connectivity index (χ3n) is 3.67. The van der Waals surface area contributed by atoms with Crippen LogP contribution in [0.3, 0.4) is 0 Å². The summed E-state index contributed by atoms with van der Waals surface area (Å²) >= 11 is 3.45. The zero-order valence-corrected chi connectivity index (χ0v) is 14.0. The molecule has 2 aromatic carbocycles. The highest BCUT2D eigenvalue weighted by Gasteiger charge is 2.30. The first-order chi connectivity index (χ1) is 10.0. The Morgan fingerprint density at radius 1 is 1.00 bits per heavy atom. The standard InChI is InChI=1S/C17H19BrO3/c1-4-17(19,12-6-5-7-14(18)10-12)13-8-9-15(20-2)16(11-13)21-3/h5-11,19H,4H2,1-3H3. The summed E-state index contributed by atoms with van der Waals surface area (Å²) in [6, 6.07) is 13.2. The number of halogens is 1. The molecule has 21 heavy (non-hydrogen) atoms. The minimum atomic E-state index is -1.07. The molecular weight excluding hydrogens is 332 g/mol. The molecule has 0 spiro atoms. The highest BCUT2D eigenvalue weighted by molar-refractivity contribution is 9.10. The molecule has 0 bridgehead atoms. The first kappa shape index (κ1) is 15.9. The van der Waals surface area contributed by atoms with Crippen molar-refractivity contribution in [3.05, 3.63) is 58.1 Å². The molecule has 3 nitrogen and oxygen atoms in total. The van der Waals surface area contributed by atoms with E-state index in [0.29, 0.717) is 17.9 Å². The van der Waals surface area contributed by atoms with Crippen LogP contribution < -0.4 is 9.47 Å². The van der Waals surface area contributed by atoms with Gasteiger partial charge in [-0.15, -0.1) is 0 Å². The lowest BCUT2D eigenvalue weighted by Gasteiger charge is -2.29. The quantitative estimate of drug-likeness (QED) is 0.881. The molecule has 0 saturated heterocycles. The van der Waals surface area contributed by atoms with Crippen LogP contribution in [-0.2, 0) is 5.60 Å². The van der Waals surface area contributed by atoms with Crippen LogP contribution in [0.2, 0.25) is 0 Å². The van der Waals surface area contributed by atoms with Crippen molar-refractivity contribution in [2.45, 2.75) is 18.9 Å². The van der Waals surface area contributed by atoms with E-state index < -0.39 is 5.60 Å². The minimum absolute atomic E-state index is 0.555. The predicted molar refractivity (Wildman–Crippen MR) is 87.0 cm³/mol. The van der Waals surface area contributed by atoms with Gasteiger partial charge in [0.15, 0.2) is 11.5 Å². The van der Waals surface area contributed by atoms with Gasteiger partial charge in [0, 0.05) is 4.47 Å². The molecule has 1 N–H and O–H groups in total. The number of hydrogen-bond acceptors (Lipinski definition) is 3. The van der Waals surface area contributed by atoms with E-state index >= 15 is 0 Å². The Hall–Kier alpha value is -1.52. The van der Waals surface area contributed by atoms with Crippen molar-refractivity contribution >= 4 is 15.9 Å². The van der Waals surface area contributed by atoms with Crippen molar-refractivity contribution in [1.29, 1.82) is 0 Å². The summed E-state index contributed by atoms with van der Waals surface area (Å²) in [6.07, 6.45) is 0.555. The van der Waals surface area contributed by atoms with Gasteiger partial charge in [0.2, 0.25) is 0 Å². The third-order valence-corrected chi connectivity index (χ3v) is 4.17. The average Bonchev–Trinajstić information content (AvgIpc) is 2.53. The Bertz CT molecular complexity index is 627. The lowest BCUT2D eigenvalue weighted by molar-refractivity contribution is 0.0761. The smallest absolute Gasteiger partial charge is 0.161 e. The van der Waals surface area contributed by atoms with E-state index in [9.17, 15) is 5.11 Å². The number of ether oxygens (including phenoxy) is 2. The lowest BCUT2D eigenvalue weighted by atomic mass is 9.84. The van der Waals surface area contributed by atoms with Crippen LogP contribution in [0.25, 0.3) is 0 Å². The highest BCUT2D eigenvalue weighted by atomic mass is 79.9. The molecule has 112 valence electrons. The molecule has 0 fully saturated rings. The van der Waals surface area contributed by atoms with Gasteiger partial charge in [0.05, 0.1) is 14.2 Å². The second-order valence-electron chi connectivity index (χ2n) is 4.79. The largest absolute Gasteiger partial charge is 0.493 e. The fourth-order valence-electron chi connectivity index (χ4n) is 2.41. The zero-order valence-electron chi connectivity index (χ0n) is 12.4. The lowest BCUT2D eigenvalue weighted by Crippen LogP contribution is -2.26. The van der Waals surface area contributed by atoms with Gasteiger partial charge in [-0.2, -0.15) is 0 Å². The van der Waals surface area contributed by atoms with Gasteiger partial charge in [-0.3, -0.25) is 0 Å². The van der Waals surface area contributed by atoms with Crippen molar-refractivity contribution in [1.82, 2.24) is 0 Å². The van der Waals surface area contributed by atoms with Crippen LogP contribution >= 0.6 is 15.9 Å². The molecule has 4 heteroatoms. The van der Waals surface area contributed by atoms with Crippen LogP contribution in [0.5, 0.6) is 11.5 Å². The fourth-order valence-corrected chi connectivity index (χ4v) is 2.81. The van der Waals surface area contributed by atoms with Crippen molar-refractivity contribution in [2.75, 3.05) is 14.2 Å². The maximum Gasteiger partial charge on any atom is 0.161 e. The van der Waals surface area contributed by atoms with Gasteiger partial charge in [0.25, 0.3) is 0 Å². The fraction of sp³-hybridized carbons (Fsp3) is 0.294. The van der Waals surface area contributed by atoms with Gasteiger partial charge < -0.3 is 14.6 Å². The molecule has 0 aliphatic heterocycles. The summed E-state index contributed by atoms with van der Waals surface area (Å²) in [5.74, 6) is 1.26. The van der Waals surface area contributed by atoms with Gasteiger partial charge in [0.1, 0.15) is 5.60 Å². The minimum Gasteiger partial charge on any atom is -0.493 e. The van der Waals surface area contributed by atoms with E-state index in [2.05, 4.69) is 15.9 Å². The number of rotatable bonds is 5. The van der Waals surface area contributed by atoms with E-state index in [1.165, 1.54) is 0 Å². The zero-order chi connectivity index (χ0) is 15.5. The summed E-state index contributed by atoms with van der Waals surface area (Å²) in [6.45, 7) is 1.96. The van der Waals surface area contributed by atoms with Crippen LogP contribution in [-0.4, -0.2) is 19.3 Å². The Kier molecular flexibility index (Phi) is 4.91. The van der Waals surface area contributed by atoms with E-state index in [4.69, 9.17) is 9.47 Å². The molecule has 2 aromatic rings. The van der Waals surface area contributed by atoms with E-state index in [0.717, 1.165) is 15.6 Å². The van der Waals surface area contributed by atoms with E-state index in [1.807, 2.05) is 49.4 Å². The number of hydrogen-bond donors (Lipinski definition) is 1. The molecule has 0 aromatic heterocycles. The topological polar surface area (TPSA) is 38.7 Å². The molecular formula is C17H19BrO3. The monoisotopic (exact) mass is 350 g/mol. The number of methoxy groups -OCH3 is 2. The summed E-state index contributed by atoms with van der Waals surface area (Å²) in [4.78, 5) is 0. The Balaban J connectivity index is 2.54. The highest BCUT2D eigenvalue weighted by Crippen LogP contribution is 2.38. The SMILES string of the molecule is CCC(O)(c1cccc(Br)c1)c1ccc(OC)c(OC)c1. The first-order valence-corrected chi connectivity index (χ1v) is 7.55. The third kappa shape index (κ3) is 3.06. The summed E-state index contributed by atoms with van der Waals surface area (Å²) in [5, 5.41) is 11.2. The van der Waals surface area contributed by atoms with Crippen molar-refractivity contribution in [3.63, 3.8) is 0 Å². The van der Waals surface area contributed by atoms with Crippen LogP contribution in [0, 0.1) is 0 Å². The molecule has 0 radical (unpaired) electrons. The van der Waals surface area contributed by atoms with Gasteiger partial charge in [-0.1, -0.05) is 41.1 Å². The average molecular weight is 351 g/mol. The molecule has 0 saturated carbocycles. The van der Waals surface area contributed by atoms with Gasteiger partial charge in [-0.05, 0) is 41.8 Å². The summed E-state index contributed by atoms with van der Waals surface area (Å²) in [7, 11) is 3.18. The Morgan fingerprint density at radius 2 is 1.67 bits per heavy atom. The Morgan fingerprint density at radius 3 is 2.24 bits per heavy atom. The molecule has 0 amide bonds. The van der Waals surface area contributed by atoms with Crippen molar-refractivity contribution in [3.8, 4) is 11.5 Å². The molecule has 1 atom stereocenters. The molecule has 2 rings (SSSR count). The van der Waals surface area contributed by atoms with E-state index in [-0.39, 0.29) is 0 Å². The molecule has 1 unspecified atom stereocenters. The maximum atomic E-state index is 11.2. The van der Waals surface area contributed by atoms with Crippen molar-refractivity contribution < 1.29 is 14.6 Å². The van der Waals surface area contributed by atoms with Crippen LogP contribution in [0.1, 0.15) is 24.5 Å². The first-order valence-electron chi connectivity index (χ1n) is 6.76. The second kappa shape index (κ2) is 6.50. The molecule has 0 heterocycles. The maximum absolute atomic E-state index is 11.2. The Labute approximate surface area is 133 Å². The number of benzene rings is 2. The van der Waals surface area contributed by atoms with Crippen molar-refractivity contribution in [2.24, 2.45) is 0 Å².